The lowest BCUT2D eigenvalue weighted by Gasteiger charge is -1.93. The third kappa shape index (κ3) is 1.89. The number of nitrogens with zero attached hydrogens (tertiary/aromatic N) is 1. The first kappa shape index (κ1) is 7.36. The highest BCUT2D eigenvalue weighted by Gasteiger charge is 1.95. The average Bonchev–Trinajstić information content (AvgIpc) is 2.13. The lowest BCUT2D eigenvalue weighted by atomic mass is 10.6. The van der Waals surface area contributed by atoms with Gasteiger partial charge >= 0.3 is 0 Å². The second-order valence-corrected chi connectivity index (χ2v) is 2.80. The molecule has 0 fully saturated rings. The van der Waals surface area contributed by atoms with Crippen molar-refractivity contribution in [3.8, 4) is 0 Å². The maximum atomic E-state index is 5.33. The Morgan fingerprint density at radius 2 is 2.60 bits per heavy atom. The van der Waals surface area contributed by atoms with Crippen molar-refractivity contribution in [2.75, 3.05) is 11.1 Å². The van der Waals surface area contributed by atoms with Gasteiger partial charge in [0, 0.05) is 6.07 Å². The van der Waals surface area contributed by atoms with Crippen molar-refractivity contribution >= 4 is 40.8 Å². The standard InChI is InChI=1S/C4H6N4S2/c5-2-1-3(8-7-2)6-4(9)10/h1H,(H5,5,6,7,8,9,10). The molecule has 6 heteroatoms. The number of thiol groups is 1. The number of nitrogens with two attached hydrogens (primary N) is 1. The Morgan fingerprint density at radius 3 is 3.00 bits per heavy atom. The van der Waals surface area contributed by atoms with E-state index in [0.717, 1.165) is 0 Å². The summed E-state index contributed by atoms with van der Waals surface area (Å²) in [6.07, 6.45) is 0. The Labute approximate surface area is 68.6 Å². The van der Waals surface area contributed by atoms with Crippen LogP contribution in [0.3, 0.4) is 0 Å². The summed E-state index contributed by atoms with van der Waals surface area (Å²) >= 11 is 8.49. The van der Waals surface area contributed by atoms with Gasteiger partial charge in [0.2, 0.25) is 0 Å². The lowest BCUT2D eigenvalue weighted by molar-refractivity contribution is 1.10. The number of nitrogen functional groups attached to an aromatic ring is 1. The summed E-state index contributed by atoms with van der Waals surface area (Å²) in [6.45, 7) is 0. The molecule has 0 radical (unpaired) electrons. The third-order valence-corrected chi connectivity index (χ3v) is 1.05. The first-order valence-corrected chi connectivity index (χ1v) is 3.35. The molecule has 0 spiro atoms. The van der Waals surface area contributed by atoms with E-state index in [9.17, 15) is 0 Å². The van der Waals surface area contributed by atoms with Crippen LogP contribution in [0.2, 0.25) is 0 Å². The van der Waals surface area contributed by atoms with E-state index in [4.69, 9.17) is 5.73 Å². The van der Waals surface area contributed by atoms with E-state index in [1.54, 1.807) is 6.07 Å². The van der Waals surface area contributed by atoms with Crippen LogP contribution in [0.5, 0.6) is 0 Å². The molecule has 0 aromatic carbocycles. The molecule has 54 valence electrons. The van der Waals surface area contributed by atoms with Crippen LogP contribution in [-0.2, 0) is 0 Å². The molecule has 0 atom stereocenters. The summed E-state index contributed by atoms with van der Waals surface area (Å²) in [6, 6.07) is 1.63. The fourth-order valence-corrected chi connectivity index (χ4v) is 0.729. The van der Waals surface area contributed by atoms with E-state index in [2.05, 4.69) is 40.4 Å². The zero-order chi connectivity index (χ0) is 7.56. The fraction of sp³-hybridized carbons (Fsp3) is 0. The van der Waals surface area contributed by atoms with Crippen LogP contribution < -0.4 is 11.1 Å². The number of hydrogen-bond donors (Lipinski definition) is 4. The molecule has 1 heterocycles. The van der Waals surface area contributed by atoms with Crippen LogP contribution in [0.4, 0.5) is 11.6 Å². The minimum absolute atomic E-state index is 0.367. The Morgan fingerprint density at radius 1 is 1.90 bits per heavy atom. The maximum absolute atomic E-state index is 5.33. The van der Waals surface area contributed by atoms with Gasteiger partial charge in [0.25, 0.3) is 0 Å². The topological polar surface area (TPSA) is 66.7 Å². The van der Waals surface area contributed by atoms with Crippen LogP contribution in [0.25, 0.3) is 0 Å². The first-order valence-electron chi connectivity index (χ1n) is 2.49. The van der Waals surface area contributed by atoms with Crippen molar-refractivity contribution in [3.63, 3.8) is 0 Å². The second kappa shape index (κ2) is 2.89. The van der Waals surface area contributed by atoms with Crippen LogP contribution >= 0.6 is 24.8 Å². The first-order chi connectivity index (χ1) is 4.68. The monoisotopic (exact) mass is 174 g/mol. The highest BCUT2D eigenvalue weighted by atomic mass is 32.1. The van der Waals surface area contributed by atoms with Gasteiger partial charge < -0.3 is 11.1 Å². The van der Waals surface area contributed by atoms with Gasteiger partial charge in [-0.1, -0.05) is 12.2 Å². The molecule has 4 nitrogen and oxygen atoms in total. The SMILES string of the molecule is Nc1cc(NC(=S)S)n[nH]1. The van der Waals surface area contributed by atoms with E-state index in [1.165, 1.54) is 0 Å². The molecule has 0 aliphatic heterocycles. The molecule has 0 aliphatic carbocycles. The second-order valence-electron chi connectivity index (χ2n) is 1.64. The van der Waals surface area contributed by atoms with E-state index in [-0.39, 0.29) is 0 Å². The molecule has 0 saturated heterocycles. The molecule has 1 aromatic heterocycles. The minimum atomic E-state index is 0.367. The molecule has 0 saturated carbocycles. The number of rotatable bonds is 1. The van der Waals surface area contributed by atoms with Crippen LogP contribution in [-0.4, -0.2) is 14.5 Å². The summed E-state index contributed by atoms with van der Waals surface area (Å²) < 4.78 is 0.367. The predicted molar refractivity (Wildman–Crippen MR) is 48.2 cm³/mol. The third-order valence-electron chi connectivity index (χ3n) is 0.833. The highest BCUT2D eigenvalue weighted by molar-refractivity contribution is 8.11. The summed E-state index contributed by atoms with van der Waals surface area (Å²) in [4.78, 5) is 0. The quantitative estimate of drug-likeness (QED) is 0.372. The Hall–Kier alpha value is -0.750. The smallest absolute Gasteiger partial charge is 0.155 e. The maximum Gasteiger partial charge on any atom is 0.155 e. The molecule has 0 bridgehead atoms. The van der Waals surface area contributed by atoms with Gasteiger partial charge in [-0.25, -0.2) is 0 Å². The largest absolute Gasteiger partial charge is 0.384 e. The van der Waals surface area contributed by atoms with Crippen LogP contribution in [0, 0.1) is 0 Å². The normalized spacial score (nSPS) is 9.30. The summed E-state index contributed by atoms with van der Waals surface area (Å²) in [7, 11) is 0. The van der Waals surface area contributed by atoms with Crippen LogP contribution in [0.15, 0.2) is 6.07 Å². The number of aromatic amines is 1. The molecule has 1 rings (SSSR count). The van der Waals surface area contributed by atoms with Crippen LogP contribution in [0.1, 0.15) is 0 Å². The van der Waals surface area contributed by atoms with Gasteiger partial charge in [-0.3, -0.25) is 5.10 Å². The Kier molecular flexibility index (Phi) is 2.13. The molecular weight excluding hydrogens is 168 g/mol. The number of thiocarbonyl (C=S) groups is 1. The number of anilines is 2. The summed E-state index contributed by atoms with van der Waals surface area (Å²) in [5, 5.41) is 9.00. The Balaban J connectivity index is 2.67. The molecule has 0 aliphatic rings. The van der Waals surface area contributed by atoms with Crippen molar-refractivity contribution in [2.45, 2.75) is 0 Å². The number of hydrogen-bond acceptors (Lipinski definition) is 3. The molecule has 10 heavy (non-hydrogen) atoms. The molecule has 0 unspecified atom stereocenters. The van der Waals surface area contributed by atoms with Crippen molar-refractivity contribution in [3.05, 3.63) is 6.07 Å². The molecule has 4 N–H and O–H groups in total. The van der Waals surface area contributed by atoms with Gasteiger partial charge in [-0.2, -0.15) is 5.10 Å². The number of H-pyrrole nitrogens is 1. The zero-order valence-electron chi connectivity index (χ0n) is 4.96. The zero-order valence-corrected chi connectivity index (χ0v) is 6.67. The molecular formula is C4H6N4S2. The van der Waals surface area contributed by atoms with Crippen molar-refractivity contribution < 1.29 is 0 Å². The van der Waals surface area contributed by atoms with Crippen molar-refractivity contribution in [1.82, 2.24) is 10.2 Å². The summed E-state index contributed by atoms with van der Waals surface area (Å²) in [5.74, 6) is 1.07. The predicted octanol–water partition coefficient (Wildman–Crippen LogP) is 0.618. The molecule has 1 aromatic rings. The number of aromatic nitrogens is 2. The lowest BCUT2D eigenvalue weighted by Crippen LogP contribution is -2.00. The fourth-order valence-electron chi connectivity index (χ4n) is 0.510. The highest BCUT2D eigenvalue weighted by Crippen LogP contribution is 2.06. The van der Waals surface area contributed by atoms with Crippen molar-refractivity contribution in [2.24, 2.45) is 0 Å². The average molecular weight is 174 g/mol. The molecule has 0 amide bonds. The van der Waals surface area contributed by atoms with Gasteiger partial charge in [-0.15, -0.1) is 12.6 Å². The van der Waals surface area contributed by atoms with Gasteiger partial charge in [-0.05, 0) is 0 Å². The summed E-state index contributed by atoms with van der Waals surface area (Å²) in [5.41, 5.74) is 5.33. The van der Waals surface area contributed by atoms with Crippen molar-refractivity contribution in [1.29, 1.82) is 0 Å². The van der Waals surface area contributed by atoms with E-state index >= 15 is 0 Å². The van der Waals surface area contributed by atoms with Gasteiger partial charge in [0.05, 0.1) is 0 Å². The van der Waals surface area contributed by atoms with Gasteiger partial charge in [0.15, 0.2) is 5.82 Å². The number of nitrogens with one attached hydrogen (secondary N) is 2. The Bertz CT molecular complexity index is 243. The van der Waals surface area contributed by atoms with Gasteiger partial charge in [0.1, 0.15) is 10.1 Å². The van der Waals surface area contributed by atoms with E-state index in [0.29, 0.717) is 16.0 Å². The minimum Gasteiger partial charge on any atom is -0.384 e. The van der Waals surface area contributed by atoms with E-state index in [1.807, 2.05) is 0 Å². The van der Waals surface area contributed by atoms with E-state index < -0.39 is 0 Å².